The third-order valence-corrected chi connectivity index (χ3v) is 4.79. The molecule has 0 radical (unpaired) electrons. The van der Waals surface area contributed by atoms with Crippen molar-refractivity contribution in [2.75, 3.05) is 36.4 Å². The Balaban J connectivity index is 1.35. The van der Waals surface area contributed by atoms with E-state index in [9.17, 15) is 4.79 Å². The van der Waals surface area contributed by atoms with Gasteiger partial charge < -0.3 is 15.1 Å². The normalized spacial score (nSPS) is 17.5. The Morgan fingerprint density at radius 3 is 2.52 bits per heavy atom. The molecule has 1 aliphatic heterocycles. The lowest BCUT2D eigenvalue weighted by molar-refractivity contribution is 0.0739. The average Bonchev–Trinajstić information content (AvgIpc) is 3.46. The predicted molar refractivity (Wildman–Crippen MR) is 98.2 cm³/mol. The van der Waals surface area contributed by atoms with Crippen LogP contribution in [0.3, 0.4) is 0 Å². The van der Waals surface area contributed by atoms with Crippen molar-refractivity contribution in [1.29, 1.82) is 0 Å². The molecular formula is C18H20ClN5O. The summed E-state index contributed by atoms with van der Waals surface area (Å²) in [5.74, 6) is 0.682. The van der Waals surface area contributed by atoms with Gasteiger partial charge in [0.1, 0.15) is 5.82 Å². The average molecular weight is 358 g/mol. The van der Waals surface area contributed by atoms with Crippen LogP contribution >= 0.6 is 11.6 Å². The van der Waals surface area contributed by atoms with Crippen LogP contribution in [0.1, 0.15) is 23.3 Å². The molecule has 1 saturated carbocycles. The molecule has 25 heavy (non-hydrogen) atoms. The van der Waals surface area contributed by atoms with Crippen molar-refractivity contribution in [2.45, 2.75) is 18.9 Å². The van der Waals surface area contributed by atoms with Crippen molar-refractivity contribution < 1.29 is 4.79 Å². The molecule has 2 heterocycles. The Morgan fingerprint density at radius 1 is 1.08 bits per heavy atom. The van der Waals surface area contributed by atoms with Gasteiger partial charge in [-0.2, -0.15) is 0 Å². The number of rotatable bonds is 4. The van der Waals surface area contributed by atoms with Crippen LogP contribution in [0.2, 0.25) is 5.02 Å². The second kappa shape index (κ2) is 6.88. The first-order valence-electron chi connectivity index (χ1n) is 8.59. The molecular weight excluding hydrogens is 338 g/mol. The summed E-state index contributed by atoms with van der Waals surface area (Å²) in [4.78, 5) is 16.7. The highest BCUT2D eigenvalue weighted by Crippen LogP contribution is 2.23. The maximum absolute atomic E-state index is 12.6. The summed E-state index contributed by atoms with van der Waals surface area (Å²) in [6.45, 7) is 2.88. The Morgan fingerprint density at radius 2 is 1.88 bits per heavy atom. The number of hydrogen-bond acceptors (Lipinski definition) is 5. The van der Waals surface area contributed by atoms with E-state index in [0.29, 0.717) is 24.8 Å². The van der Waals surface area contributed by atoms with Crippen molar-refractivity contribution in [3.8, 4) is 0 Å². The number of carbonyl (C=O) groups excluding carboxylic acids is 1. The molecule has 1 amide bonds. The lowest BCUT2D eigenvalue weighted by Crippen LogP contribution is -2.49. The predicted octanol–water partition coefficient (Wildman–Crippen LogP) is 2.67. The minimum Gasteiger partial charge on any atom is -0.368 e. The van der Waals surface area contributed by atoms with Gasteiger partial charge in [0, 0.05) is 42.9 Å². The van der Waals surface area contributed by atoms with Crippen LogP contribution in [0.4, 0.5) is 11.5 Å². The molecule has 0 atom stereocenters. The van der Waals surface area contributed by atoms with Gasteiger partial charge >= 0.3 is 0 Å². The second-order valence-corrected chi connectivity index (χ2v) is 6.92. The Bertz CT molecular complexity index is 754. The minimum absolute atomic E-state index is 0.0591. The number of anilines is 2. The number of benzene rings is 1. The highest BCUT2D eigenvalue weighted by atomic mass is 35.5. The minimum atomic E-state index is -0.0591. The summed E-state index contributed by atoms with van der Waals surface area (Å²) >= 11 is 6.06. The third kappa shape index (κ3) is 3.85. The molecule has 7 heteroatoms. The van der Waals surface area contributed by atoms with Crippen molar-refractivity contribution >= 4 is 29.0 Å². The summed E-state index contributed by atoms with van der Waals surface area (Å²) in [5, 5.41) is 12.2. The van der Waals surface area contributed by atoms with Gasteiger partial charge in [0.25, 0.3) is 5.91 Å². The first kappa shape index (κ1) is 16.1. The Hall–Kier alpha value is -2.34. The zero-order valence-corrected chi connectivity index (χ0v) is 14.6. The smallest absolute Gasteiger partial charge is 0.274 e. The topological polar surface area (TPSA) is 61.4 Å². The summed E-state index contributed by atoms with van der Waals surface area (Å²) in [5.41, 5.74) is 1.49. The molecule has 0 spiro atoms. The monoisotopic (exact) mass is 357 g/mol. The van der Waals surface area contributed by atoms with Crippen LogP contribution in [0.5, 0.6) is 0 Å². The molecule has 1 aromatic carbocycles. The van der Waals surface area contributed by atoms with E-state index in [0.717, 1.165) is 29.6 Å². The lowest BCUT2D eigenvalue weighted by atomic mass is 10.2. The van der Waals surface area contributed by atoms with E-state index < -0.39 is 0 Å². The van der Waals surface area contributed by atoms with E-state index in [4.69, 9.17) is 11.6 Å². The van der Waals surface area contributed by atoms with Crippen LogP contribution in [-0.2, 0) is 0 Å². The molecule has 2 fully saturated rings. The molecule has 0 bridgehead atoms. The second-order valence-electron chi connectivity index (χ2n) is 6.48. The zero-order chi connectivity index (χ0) is 17.2. The number of aromatic nitrogens is 2. The molecule has 6 nitrogen and oxygen atoms in total. The fourth-order valence-corrected chi connectivity index (χ4v) is 3.15. The number of carbonyl (C=O) groups is 1. The molecule has 0 unspecified atom stereocenters. The van der Waals surface area contributed by atoms with E-state index in [2.05, 4.69) is 20.4 Å². The first-order chi connectivity index (χ1) is 12.2. The van der Waals surface area contributed by atoms with Gasteiger partial charge in [-0.3, -0.25) is 4.79 Å². The maximum Gasteiger partial charge on any atom is 0.274 e. The number of hydrogen-bond donors (Lipinski definition) is 1. The molecule has 130 valence electrons. The summed E-state index contributed by atoms with van der Waals surface area (Å²) < 4.78 is 0. The summed E-state index contributed by atoms with van der Waals surface area (Å²) in [6, 6.07) is 11.9. The number of piperazine rings is 1. The molecule has 1 aliphatic carbocycles. The van der Waals surface area contributed by atoms with Gasteiger partial charge in [-0.1, -0.05) is 17.7 Å². The van der Waals surface area contributed by atoms with Crippen molar-refractivity contribution in [2.24, 2.45) is 0 Å². The maximum atomic E-state index is 12.6. The number of halogens is 1. The summed E-state index contributed by atoms with van der Waals surface area (Å²) in [6.07, 6.45) is 2.36. The van der Waals surface area contributed by atoms with Crippen molar-refractivity contribution in [3.05, 3.63) is 47.1 Å². The Kier molecular flexibility index (Phi) is 4.44. The van der Waals surface area contributed by atoms with Crippen LogP contribution in [0, 0.1) is 0 Å². The summed E-state index contributed by atoms with van der Waals surface area (Å²) in [7, 11) is 0. The lowest BCUT2D eigenvalue weighted by Gasteiger charge is -2.36. The van der Waals surface area contributed by atoms with Crippen LogP contribution in [0.25, 0.3) is 0 Å². The van der Waals surface area contributed by atoms with Crippen molar-refractivity contribution in [1.82, 2.24) is 15.1 Å². The van der Waals surface area contributed by atoms with Gasteiger partial charge in [-0.15, -0.1) is 10.2 Å². The number of amides is 1. The highest BCUT2D eigenvalue weighted by molar-refractivity contribution is 6.30. The van der Waals surface area contributed by atoms with Crippen LogP contribution < -0.4 is 10.2 Å². The molecule has 4 rings (SSSR count). The quantitative estimate of drug-likeness (QED) is 0.911. The highest BCUT2D eigenvalue weighted by Gasteiger charge is 2.24. The first-order valence-corrected chi connectivity index (χ1v) is 8.97. The van der Waals surface area contributed by atoms with Gasteiger partial charge in [0.2, 0.25) is 0 Å². The fraction of sp³-hybridized carbons (Fsp3) is 0.389. The van der Waals surface area contributed by atoms with Crippen LogP contribution in [0.15, 0.2) is 36.4 Å². The van der Waals surface area contributed by atoms with Gasteiger partial charge in [-0.25, -0.2) is 0 Å². The molecule has 1 aromatic heterocycles. The van der Waals surface area contributed by atoms with E-state index >= 15 is 0 Å². The SMILES string of the molecule is O=C(c1ccc(NC2CC2)nn1)N1CCN(c2cccc(Cl)c2)CC1. The largest absolute Gasteiger partial charge is 0.368 e. The molecule has 2 aliphatic rings. The van der Waals surface area contributed by atoms with Gasteiger partial charge in [-0.05, 0) is 43.2 Å². The third-order valence-electron chi connectivity index (χ3n) is 4.55. The molecule has 2 aromatic rings. The van der Waals surface area contributed by atoms with Crippen molar-refractivity contribution in [3.63, 3.8) is 0 Å². The van der Waals surface area contributed by atoms with Gasteiger partial charge in [0.15, 0.2) is 5.69 Å². The van der Waals surface area contributed by atoms with E-state index in [1.807, 2.05) is 35.2 Å². The van der Waals surface area contributed by atoms with Crippen LogP contribution in [-0.4, -0.2) is 53.2 Å². The fourth-order valence-electron chi connectivity index (χ4n) is 2.96. The van der Waals surface area contributed by atoms with E-state index in [-0.39, 0.29) is 5.91 Å². The standard InChI is InChI=1S/C18H20ClN5O/c19-13-2-1-3-15(12-13)23-8-10-24(11-9-23)18(25)16-6-7-17(22-21-16)20-14-4-5-14/h1-3,6-7,12,14H,4-5,8-11H2,(H,20,22). The Labute approximate surface area is 151 Å². The van der Waals surface area contributed by atoms with E-state index in [1.54, 1.807) is 6.07 Å². The van der Waals surface area contributed by atoms with E-state index in [1.165, 1.54) is 12.8 Å². The molecule has 1 N–H and O–H groups in total. The van der Waals surface area contributed by atoms with Gasteiger partial charge in [0.05, 0.1) is 0 Å². The zero-order valence-electron chi connectivity index (χ0n) is 13.9. The molecule has 1 saturated heterocycles. The number of nitrogens with one attached hydrogen (secondary N) is 1. The number of nitrogens with zero attached hydrogens (tertiary/aromatic N) is 4.